The molecule has 0 N–H and O–H groups in total. The van der Waals surface area contributed by atoms with Crippen LogP contribution < -0.4 is 4.74 Å². The van der Waals surface area contributed by atoms with Gasteiger partial charge in [-0.25, -0.2) is 0 Å². The van der Waals surface area contributed by atoms with Crippen LogP contribution in [0.3, 0.4) is 0 Å². The molecule has 98 valence electrons. The van der Waals surface area contributed by atoms with Gasteiger partial charge in [0.2, 0.25) is 0 Å². The highest BCUT2D eigenvalue weighted by atomic mass is 35.5. The second kappa shape index (κ2) is 5.89. The maximum Gasteiger partial charge on any atom is 0.168 e. The summed E-state index contributed by atoms with van der Waals surface area (Å²) in [6.07, 6.45) is 0.285. The zero-order valence-electron chi connectivity index (χ0n) is 10.9. The molecular weight excluding hydrogens is 260 g/mol. The largest absolute Gasteiger partial charge is 0.496 e. The summed E-state index contributed by atoms with van der Waals surface area (Å²) in [5.41, 5.74) is 2.34. The summed E-state index contributed by atoms with van der Waals surface area (Å²) in [6, 6.07) is 13.0. The van der Waals surface area contributed by atoms with Crippen LogP contribution in [0.15, 0.2) is 42.5 Å². The third kappa shape index (κ3) is 2.96. The number of hydrogen-bond acceptors (Lipinski definition) is 2. The number of hydrogen-bond donors (Lipinski definition) is 0. The van der Waals surface area contributed by atoms with Crippen LogP contribution in [0.5, 0.6) is 5.75 Å². The van der Waals surface area contributed by atoms with E-state index in [4.69, 9.17) is 16.3 Å². The summed E-state index contributed by atoms with van der Waals surface area (Å²) in [4.78, 5) is 12.3. The maximum absolute atomic E-state index is 12.3. The quantitative estimate of drug-likeness (QED) is 0.785. The molecule has 0 spiro atoms. The van der Waals surface area contributed by atoms with Gasteiger partial charge in [-0.2, -0.15) is 0 Å². The SMILES string of the molecule is COc1ccccc1CC(=O)c1cccc(C)c1Cl. The molecule has 0 atom stereocenters. The first-order valence-corrected chi connectivity index (χ1v) is 6.41. The highest BCUT2D eigenvalue weighted by molar-refractivity contribution is 6.34. The molecule has 2 rings (SSSR count). The van der Waals surface area contributed by atoms with Crippen molar-refractivity contribution in [3.63, 3.8) is 0 Å². The molecular formula is C16H15ClO2. The van der Waals surface area contributed by atoms with E-state index < -0.39 is 0 Å². The molecule has 0 radical (unpaired) electrons. The number of carbonyl (C=O) groups excluding carboxylic acids is 1. The Morgan fingerprint density at radius 1 is 1.16 bits per heavy atom. The number of halogens is 1. The molecule has 0 fully saturated rings. The van der Waals surface area contributed by atoms with Crippen molar-refractivity contribution >= 4 is 17.4 Å². The standard InChI is InChI=1S/C16H15ClO2/c1-11-6-5-8-13(16(11)17)14(18)10-12-7-3-4-9-15(12)19-2/h3-9H,10H2,1-2H3. The van der Waals surface area contributed by atoms with Gasteiger partial charge in [-0.15, -0.1) is 0 Å². The van der Waals surface area contributed by atoms with E-state index in [1.165, 1.54) is 0 Å². The lowest BCUT2D eigenvalue weighted by Crippen LogP contribution is -2.06. The Balaban J connectivity index is 2.28. The predicted molar refractivity (Wildman–Crippen MR) is 77.2 cm³/mol. The van der Waals surface area contributed by atoms with Gasteiger partial charge in [0.1, 0.15) is 5.75 Å². The van der Waals surface area contributed by atoms with Gasteiger partial charge >= 0.3 is 0 Å². The van der Waals surface area contributed by atoms with Gasteiger partial charge in [-0.05, 0) is 24.6 Å². The Morgan fingerprint density at radius 2 is 1.89 bits per heavy atom. The minimum absolute atomic E-state index is 0.00167. The third-order valence-corrected chi connectivity index (χ3v) is 3.54. The molecule has 2 aromatic carbocycles. The molecule has 0 saturated carbocycles. The number of Topliss-reactive ketones (excluding diaryl/α,β-unsaturated/α-hetero) is 1. The number of ether oxygens (including phenoxy) is 1. The van der Waals surface area contributed by atoms with E-state index in [-0.39, 0.29) is 12.2 Å². The molecule has 0 aliphatic rings. The molecule has 2 aromatic rings. The lowest BCUT2D eigenvalue weighted by Gasteiger charge is -2.09. The summed E-state index contributed by atoms with van der Waals surface area (Å²) < 4.78 is 5.25. The van der Waals surface area contributed by atoms with Gasteiger partial charge in [-0.1, -0.05) is 41.9 Å². The number of methoxy groups -OCH3 is 1. The molecule has 0 unspecified atom stereocenters. The molecule has 2 nitrogen and oxygen atoms in total. The van der Waals surface area contributed by atoms with Gasteiger partial charge in [0.25, 0.3) is 0 Å². The highest BCUT2D eigenvalue weighted by Gasteiger charge is 2.14. The van der Waals surface area contributed by atoms with Crippen LogP contribution >= 0.6 is 11.6 Å². The van der Waals surface area contributed by atoms with Gasteiger partial charge in [0.05, 0.1) is 12.1 Å². The first-order valence-electron chi connectivity index (χ1n) is 6.03. The fourth-order valence-electron chi connectivity index (χ4n) is 1.98. The van der Waals surface area contributed by atoms with Crippen molar-refractivity contribution in [2.75, 3.05) is 7.11 Å². The molecule has 0 heterocycles. The van der Waals surface area contributed by atoms with Crippen molar-refractivity contribution in [3.8, 4) is 5.75 Å². The number of para-hydroxylation sites is 1. The van der Waals surface area contributed by atoms with Gasteiger partial charge < -0.3 is 4.74 Å². The second-order valence-electron chi connectivity index (χ2n) is 4.35. The van der Waals surface area contributed by atoms with Crippen LogP contribution in [0.1, 0.15) is 21.5 Å². The summed E-state index contributed by atoms with van der Waals surface area (Å²) >= 11 is 6.18. The topological polar surface area (TPSA) is 26.3 Å². The number of carbonyl (C=O) groups is 1. The molecule has 0 saturated heterocycles. The smallest absolute Gasteiger partial charge is 0.168 e. The van der Waals surface area contributed by atoms with Crippen molar-refractivity contribution in [2.24, 2.45) is 0 Å². The Hall–Kier alpha value is -1.80. The molecule has 3 heteroatoms. The van der Waals surface area contributed by atoms with E-state index in [1.807, 2.05) is 43.3 Å². The van der Waals surface area contributed by atoms with E-state index in [1.54, 1.807) is 13.2 Å². The summed E-state index contributed by atoms with van der Waals surface area (Å²) in [6.45, 7) is 1.89. The minimum atomic E-state index is -0.00167. The molecule has 0 aromatic heterocycles. The fourth-order valence-corrected chi connectivity index (χ4v) is 2.21. The first kappa shape index (κ1) is 13.6. The summed E-state index contributed by atoms with van der Waals surface area (Å²) in [5, 5.41) is 0.530. The van der Waals surface area contributed by atoms with Crippen LogP contribution in [-0.2, 0) is 6.42 Å². The average molecular weight is 275 g/mol. The van der Waals surface area contributed by atoms with Crippen LogP contribution in [0, 0.1) is 6.92 Å². The van der Waals surface area contributed by atoms with Crippen LogP contribution in [-0.4, -0.2) is 12.9 Å². The van der Waals surface area contributed by atoms with E-state index in [0.717, 1.165) is 16.9 Å². The Bertz CT molecular complexity index is 605. The molecule has 0 bridgehead atoms. The maximum atomic E-state index is 12.3. The fraction of sp³-hybridized carbons (Fsp3) is 0.188. The Morgan fingerprint density at radius 3 is 2.63 bits per heavy atom. The molecule has 0 amide bonds. The summed E-state index contributed by atoms with van der Waals surface area (Å²) in [7, 11) is 1.60. The number of rotatable bonds is 4. The van der Waals surface area contributed by atoms with Crippen LogP contribution in [0.2, 0.25) is 5.02 Å². The lowest BCUT2D eigenvalue weighted by molar-refractivity contribution is 0.0992. The van der Waals surface area contributed by atoms with E-state index in [9.17, 15) is 4.79 Å². The summed E-state index contributed by atoms with van der Waals surface area (Å²) in [5.74, 6) is 0.720. The molecule has 19 heavy (non-hydrogen) atoms. The zero-order chi connectivity index (χ0) is 13.8. The Kier molecular flexibility index (Phi) is 4.23. The van der Waals surface area contributed by atoms with Crippen LogP contribution in [0.4, 0.5) is 0 Å². The molecule has 0 aliphatic carbocycles. The highest BCUT2D eigenvalue weighted by Crippen LogP contribution is 2.24. The Labute approximate surface area is 118 Å². The van der Waals surface area contributed by atoms with Crippen molar-refractivity contribution < 1.29 is 9.53 Å². The van der Waals surface area contributed by atoms with Crippen molar-refractivity contribution in [3.05, 3.63) is 64.2 Å². The van der Waals surface area contributed by atoms with E-state index in [0.29, 0.717) is 10.6 Å². The number of ketones is 1. The van der Waals surface area contributed by atoms with Crippen molar-refractivity contribution in [1.29, 1.82) is 0 Å². The normalized spacial score (nSPS) is 10.3. The monoisotopic (exact) mass is 274 g/mol. The van der Waals surface area contributed by atoms with Crippen LogP contribution in [0.25, 0.3) is 0 Å². The minimum Gasteiger partial charge on any atom is -0.496 e. The first-order chi connectivity index (χ1) is 9.13. The molecule has 0 aliphatic heterocycles. The second-order valence-corrected chi connectivity index (χ2v) is 4.73. The van der Waals surface area contributed by atoms with Gasteiger partial charge in [0.15, 0.2) is 5.78 Å². The lowest BCUT2D eigenvalue weighted by atomic mass is 10.0. The predicted octanol–water partition coefficient (Wildman–Crippen LogP) is 4.08. The number of aryl methyl sites for hydroxylation is 1. The van der Waals surface area contributed by atoms with Gasteiger partial charge in [-0.3, -0.25) is 4.79 Å². The zero-order valence-corrected chi connectivity index (χ0v) is 11.7. The van der Waals surface area contributed by atoms with Gasteiger partial charge in [0, 0.05) is 17.5 Å². The number of benzene rings is 2. The van der Waals surface area contributed by atoms with Crippen molar-refractivity contribution in [1.82, 2.24) is 0 Å². The third-order valence-electron chi connectivity index (χ3n) is 3.04. The van der Waals surface area contributed by atoms with Crippen molar-refractivity contribution in [2.45, 2.75) is 13.3 Å². The van der Waals surface area contributed by atoms with E-state index >= 15 is 0 Å². The van der Waals surface area contributed by atoms with E-state index in [2.05, 4.69) is 0 Å². The average Bonchev–Trinajstić information content (AvgIpc) is 2.42.